The summed E-state index contributed by atoms with van der Waals surface area (Å²) < 4.78 is 33.1. The number of carboxylic acids is 1. The van der Waals surface area contributed by atoms with Crippen LogP contribution in [-0.2, 0) is 13.1 Å². The van der Waals surface area contributed by atoms with Gasteiger partial charge < -0.3 is 20.5 Å². The van der Waals surface area contributed by atoms with Crippen molar-refractivity contribution in [3.8, 4) is 11.5 Å². The van der Waals surface area contributed by atoms with Crippen LogP contribution < -0.4 is 15.4 Å². The number of hydrogen-bond acceptors (Lipinski definition) is 4. The van der Waals surface area contributed by atoms with E-state index in [2.05, 4.69) is 10.6 Å². The highest BCUT2D eigenvalue weighted by Crippen LogP contribution is 2.40. The summed E-state index contributed by atoms with van der Waals surface area (Å²) in [6.45, 7) is 0.547. The van der Waals surface area contributed by atoms with Gasteiger partial charge in [0.15, 0.2) is 17.4 Å². The van der Waals surface area contributed by atoms with E-state index in [1.807, 2.05) is 48.5 Å². The van der Waals surface area contributed by atoms with Crippen LogP contribution in [-0.4, -0.2) is 11.1 Å². The number of hydrogen-bond donors (Lipinski definition) is 3. The Morgan fingerprint density at radius 3 is 2.12 bits per heavy atom. The third kappa shape index (κ3) is 5.50. The molecule has 4 aromatic rings. The number of ether oxygens (including phenoxy) is 1. The Morgan fingerprint density at radius 1 is 0.765 bits per heavy atom. The molecule has 0 saturated carbocycles. The summed E-state index contributed by atoms with van der Waals surface area (Å²) >= 11 is 0. The van der Waals surface area contributed by atoms with Crippen LogP contribution >= 0.6 is 0 Å². The van der Waals surface area contributed by atoms with E-state index in [9.17, 15) is 18.7 Å². The monoisotopic (exact) mass is 460 g/mol. The van der Waals surface area contributed by atoms with E-state index in [0.717, 1.165) is 17.7 Å². The Kier molecular flexibility index (Phi) is 7.03. The van der Waals surface area contributed by atoms with Crippen molar-refractivity contribution in [1.29, 1.82) is 0 Å². The zero-order chi connectivity index (χ0) is 23.9. The molecule has 7 heteroatoms. The predicted octanol–water partition coefficient (Wildman–Crippen LogP) is 6.68. The van der Waals surface area contributed by atoms with Crippen molar-refractivity contribution < 1.29 is 23.4 Å². The van der Waals surface area contributed by atoms with Crippen LogP contribution in [0.25, 0.3) is 0 Å². The number of aromatic carboxylic acids is 1. The van der Waals surface area contributed by atoms with Gasteiger partial charge in [-0.05, 0) is 47.5 Å². The lowest BCUT2D eigenvalue weighted by Crippen LogP contribution is -2.10. The number of anilines is 2. The van der Waals surface area contributed by atoms with Gasteiger partial charge in [-0.2, -0.15) is 0 Å². The highest BCUT2D eigenvalue weighted by Gasteiger charge is 2.20. The number of halogens is 2. The molecule has 3 N–H and O–H groups in total. The Hall–Kier alpha value is -4.39. The molecule has 4 aromatic carbocycles. The molecule has 0 bridgehead atoms. The molecule has 0 saturated heterocycles. The maximum Gasteiger partial charge on any atom is 0.337 e. The third-order valence-corrected chi connectivity index (χ3v) is 5.13. The van der Waals surface area contributed by atoms with Gasteiger partial charge in [0.2, 0.25) is 0 Å². The Labute approximate surface area is 195 Å². The molecule has 0 unspecified atom stereocenters. The maximum absolute atomic E-state index is 13.7. The normalized spacial score (nSPS) is 10.5. The summed E-state index contributed by atoms with van der Waals surface area (Å²) in [6, 6.07) is 25.4. The van der Waals surface area contributed by atoms with Gasteiger partial charge in [0.05, 0.1) is 16.9 Å². The van der Waals surface area contributed by atoms with Crippen molar-refractivity contribution in [3.63, 3.8) is 0 Å². The van der Waals surface area contributed by atoms with Gasteiger partial charge >= 0.3 is 5.97 Å². The molecule has 0 amide bonds. The number of para-hydroxylation sites is 1. The van der Waals surface area contributed by atoms with Gasteiger partial charge in [0, 0.05) is 13.1 Å². The highest BCUT2D eigenvalue weighted by molar-refractivity contribution is 5.98. The fraction of sp³-hybridized carbons (Fsp3) is 0.0741. The average molecular weight is 460 g/mol. The molecular formula is C27H22F2N2O3. The van der Waals surface area contributed by atoms with Crippen LogP contribution in [0.4, 0.5) is 20.2 Å². The Bertz CT molecular complexity index is 1280. The second-order valence-corrected chi connectivity index (χ2v) is 7.53. The molecule has 5 nitrogen and oxygen atoms in total. The Morgan fingerprint density at radius 2 is 1.44 bits per heavy atom. The van der Waals surface area contributed by atoms with Crippen molar-refractivity contribution in [2.45, 2.75) is 13.1 Å². The lowest BCUT2D eigenvalue weighted by atomic mass is 10.1. The highest BCUT2D eigenvalue weighted by atomic mass is 19.2. The van der Waals surface area contributed by atoms with Gasteiger partial charge in [-0.3, -0.25) is 0 Å². The second kappa shape index (κ2) is 10.5. The van der Waals surface area contributed by atoms with Crippen LogP contribution in [0.2, 0.25) is 0 Å². The van der Waals surface area contributed by atoms with Crippen molar-refractivity contribution in [2.75, 3.05) is 10.6 Å². The van der Waals surface area contributed by atoms with E-state index in [-0.39, 0.29) is 23.5 Å². The first-order valence-electron chi connectivity index (χ1n) is 10.6. The topological polar surface area (TPSA) is 70.6 Å². The van der Waals surface area contributed by atoms with E-state index < -0.39 is 17.6 Å². The molecule has 0 aliphatic rings. The van der Waals surface area contributed by atoms with Crippen LogP contribution in [0.1, 0.15) is 21.5 Å². The summed E-state index contributed by atoms with van der Waals surface area (Å²) in [4.78, 5) is 12.0. The van der Waals surface area contributed by atoms with E-state index in [4.69, 9.17) is 4.74 Å². The zero-order valence-electron chi connectivity index (χ0n) is 18.1. The molecule has 172 valence electrons. The number of rotatable bonds is 9. The zero-order valence-corrected chi connectivity index (χ0v) is 18.1. The molecule has 0 spiro atoms. The van der Waals surface area contributed by atoms with Gasteiger partial charge in [-0.15, -0.1) is 0 Å². The van der Waals surface area contributed by atoms with E-state index in [1.165, 1.54) is 12.1 Å². The summed E-state index contributed by atoms with van der Waals surface area (Å²) in [5.41, 5.74) is 2.26. The molecule has 0 aliphatic heterocycles. The SMILES string of the molecule is O=C(O)c1ccc(NCc2ccccc2)c(Oc2ccccc2)c1NCc1ccc(F)c(F)c1. The summed E-state index contributed by atoms with van der Waals surface area (Å²) in [6.07, 6.45) is 0. The van der Waals surface area contributed by atoms with Gasteiger partial charge in [0.25, 0.3) is 0 Å². The molecule has 0 radical (unpaired) electrons. The third-order valence-electron chi connectivity index (χ3n) is 5.13. The van der Waals surface area contributed by atoms with Gasteiger partial charge in [0.1, 0.15) is 5.75 Å². The minimum Gasteiger partial charge on any atom is -0.478 e. The van der Waals surface area contributed by atoms with Gasteiger partial charge in [-0.1, -0.05) is 54.6 Å². The first-order valence-corrected chi connectivity index (χ1v) is 10.6. The smallest absolute Gasteiger partial charge is 0.337 e. The predicted molar refractivity (Wildman–Crippen MR) is 127 cm³/mol. The van der Waals surface area contributed by atoms with Gasteiger partial charge in [-0.25, -0.2) is 13.6 Å². The summed E-state index contributed by atoms with van der Waals surface area (Å²) in [5, 5.41) is 16.2. The van der Waals surface area contributed by atoms with Crippen molar-refractivity contribution in [2.24, 2.45) is 0 Å². The number of carbonyl (C=O) groups is 1. The van der Waals surface area contributed by atoms with Crippen molar-refractivity contribution in [3.05, 3.63) is 119 Å². The molecule has 0 atom stereocenters. The molecule has 0 heterocycles. The summed E-state index contributed by atoms with van der Waals surface area (Å²) in [5.74, 6) is -2.28. The lowest BCUT2D eigenvalue weighted by molar-refractivity contribution is 0.0697. The largest absolute Gasteiger partial charge is 0.478 e. The van der Waals surface area contributed by atoms with Crippen molar-refractivity contribution in [1.82, 2.24) is 0 Å². The van der Waals surface area contributed by atoms with Crippen LogP contribution in [0.3, 0.4) is 0 Å². The molecule has 4 rings (SSSR count). The quantitative estimate of drug-likeness (QED) is 0.260. The first kappa shape index (κ1) is 22.8. The first-order chi connectivity index (χ1) is 16.5. The minimum absolute atomic E-state index is 0.0150. The molecule has 0 aliphatic carbocycles. The second-order valence-electron chi connectivity index (χ2n) is 7.53. The lowest BCUT2D eigenvalue weighted by Gasteiger charge is -2.20. The Balaban J connectivity index is 1.71. The standard InChI is InChI=1S/C27H22F2N2O3/c28-22-13-11-19(15-23(22)29)17-31-25-21(27(32)33)12-14-24(30-16-18-7-3-1-4-8-18)26(25)34-20-9-5-2-6-10-20/h1-15,30-31H,16-17H2,(H,32,33). The van der Waals surface area contributed by atoms with E-state index >= 15 is 0 Å². The number of benzene rings is 4. The minimum atomic E-state index is -1.15. The van der Waals surface area contributed by atoms with Crippen LogP contribution in [0.15, 0.2) is 91.0 Å². The van der Waals surface area contributed by atoms with Crippen LogP contribution in [0.5, 0.6) is 11.5 Å². The molecular weight excluding hydrogens is 438 g/mol. The number of carboxylic acid groups (broad SMARTS) is 1. The van der Waals surface area contributed by atoms with Crippen LogP contribution in [0, 0.1) is 11.6 Å². The fourth-order valence-corrected chi connectivity index (χ4v) is 3.42. The summed E-state index contributed by atoms with van der Waals surface area (Å²) in [7, 11) is 0. The molecule has 0 aromatic heterocycles. The van der Waals surface area contributed by atoms with E-state index in [1.54, 1.807) is 18.2 Å². The molecule has 34 heavy (non-hydrogen) atoms. The van der Waals surface area contributed by atoms with Crippen molar-refractivity contribution >= 4 is 17.3 Å². The fourth-order valence-electron chi connectivity index (χ4n) is 3.42. The van der Waals surface area contributed by atoms with E-state index in [0.29, 0.717) is 23.5 Å². The molecule has 0 fully saturated rings. The maximum atomic E-state index is 13.7. The average Bonchev–Trinajstić information content (AvgIpc) is 2.85. The number of nitrogens with one attached hydrogen (secondary N) is 2.